The van der Waals surface area contributed by atoms with Crippen molar-refractivity contribution in [3.05, 3.63) is 59.0 Å². The van der Waals surface area contributed by atoms with Gasteiger partial charge in [0.05, 0.1) is 12.6 Å². The fourth-order valence-electron chi connectivity index (χ4n) is 3.43. The highest BCUT2D eigenvalue weighted by Crippen LogP contribution is 2.27. The van der Waals surface area contributed by atoms with Gasteiger partial charge in [0, 0.05) is 34.9 Å². The molecule has 1 aliphatic carbocycles. The van der Waals surface area contributed by atoms with E-state index in [1.54, 1.807) is 0 Å². The van der Waals surface area contributed by atoms with E-state index in [0.29, 0.717) is 16.8 Å². The second-order valence-corrected chi connectivity index (χ2v) is 8.19. The third kappa shape index (κ3) is 5.32. The number of carbonyl (C=O) groups excluding carboxylic acids is 1. The van der Waals surface area contributed by atoms with Crippen LogP contribution in [0, 0.1) is 12.8 Å². The van der Waals surface area contributed by atoms with Gasteiger partial charge in [-0.05, 0) is 56.0 Å². The average Bonchev–Trinajstić information content (AvgIpc) is 3.23. The van der Waals surface area contributed by atoms with E-state index in [-0.39, 0.29) is 18.4 Å². The molecule has 0 radical (unpaired) electrons. The molecule has 7 heteroatoms. The lowest BCUT2D eigenvalue weighted by Gasteiger charge is -2.24. The van der Waals surface area contributed by atoms with E-state index in [0.717, 1.165) is 35.3 Å². The van der Waals surface area contributed by atoms with Crippen LogP contribution in [0.4, 0.5) is 5.82 Å². The molecular formula is C23H29ClN4O2. The molecule has 2 heterocycles. The number of nitrogens with zero attached hydrogens (tertiary/aromatic N) is 1. The minimum Gasteiger partial charge on any atom is -0.394 e. The Morgan fingerprint density at radius 2 is 2.23 bits per heavy atom. The van der Waals surface area contributed by atoms with E-state index in [2.05, 4.69) is 34.4 Å². The number of H-pyrrole nitrogens is 1. The van der Waals surface area contributed by atoms with E-state index in [1.165, 1.54) is 0 Å². The number of rotatable bonds is 8. The minimum absolute atomic E-state index is 0.0393. The van der Waals surface area contributed by atoms with Crippen molar-refractivity contribution in [3.63, 3.8) is 0 Å². The van der Waals surface area contributed by atoms with Crippen molar-refractivity contribution in [2.24, 2.45) is 5.92 Å². The van der Waals surface area contributed by atoms with Crippen molar-refractivity contribution < 1.29 is 9.90 Å². The van der Waals surface area contributed by atoms with Crippen molar-refractivity contribution in [2.45, 2.75) is 45.7 Å². The molecule has 2 unspecified atom stereocenters. The Hall–Kier alpha value is -2.57. The number of aliphatic hydroxyl groups excluding tert-OH is 1. The van der Waals surface area contributed by atoms with E-state index in [9.17, 15) is 9.90 Å². The second-order valence-electron chi connectivity index (χ2n) is 7.76. The summed E-state index contributed by atoms with van der Waals surface area (Å²) in [6, 6.07) is 3.75. The Morgan fingerprint density at radius 1 is 1.43 bits per heavy atom. The van der Waals surface area contributed by atoms with Gasteiger partial charge in [-0.1, -0.05) is 30.7 Å². The number of carbonyl (C=O) groups is 1. The predicted octanol–water partition coefficient (Wildman–Crippen LogP) is 4.39. The zero-order valence-electron chi connectivity index (χ0n) is 17.6. The van der Waals surface area contributed by atoms with E-state index in [4.69, 9.17) is 11.6 Å². The first kappa shape index (κ1) is 22.1. The molecule has 3 rings (SSSR count). The van der Waals surface area contributed by atoms with Crippen molar-refractivity contribution in [3.8, 4) is 11.1 Å². The molecule has 3 atom stereocenters. The molecular weight excluding hydrogens is 400 g/mol. The number of halogens is 1. The van der Waals surface area contributed by atoms with Gasteiger partial charge < -0.3 is 20.7 Å². The molecule has 6 nitrogen and oxygen atoms in total. The van der Waals surface area contributed by atoms with Crippen LogP contribution in [0.15, 0.2) is 47.8 Å². The van der Waals surface area contributed by atoms with Crippen molar-refractivity contribution in [2.75, 3.05) is 11.9 Å². The molecule has 0 aliphatic heterocycles. The first-order valence-electron chi connectivity index (χ1n) is 10.3. The minimum atomic E-state index is -0.406. The molecule has 160 valence electrons. The maximum atomic E-state index is 12.8. The largest absolute Gasteiger partial charge is 0.394 e. The number of amides is 1. The maximum Gasteiger partial charge on any atom is 0.268 e. The zero-order chi connectivity index (χ0) is 21.7. The van der Waals surface area contributed by atoms with Crippen LogP contribution in [0.1, 0.15) is 42.7 Å². The number of aromatic nitrogens is 2. The third-order valence-electron chi connectivity index (χ3n) is 5.44. The first-order valence-corrected chi connectivity index (χ1v) is 10.7. The summed E-state index contributed by atoms with van der Waals surface area (Å²) in [6.07, 6.45) is 11.0. The number of aromatic amines is 1. The molecule has 1 amide bonds. The van der Waals surface area contributed by atoms with Crippen LogP contribution >= 0.6 is 11.6 Å². The summed E-state index contributed by atoms with van der Waals surface area (Å²) in [7, 11) is 0. The predicted molar refractivity (Wildman–Crippen MR) is 122 cm³/mol. The highest BCUT2D eigenvalue weighted by molar-refractivity contribution is 6.31. The summed E-state index contributed by atoms with van der Waals surface area (Å²) in [5.41, 5.74) is 3.39. The van der Waals surface area contributed by atoms with Crippen molar-refractivity contribution in [1.82, 2.24) is 15.3 Å². The van der Waals surface area contributed by atoms with Gasteiger partial charge in [0.2, 0.25) is 0 Å². The van der Waals surface area contributed by atoms with Gasteiger partial charge in [0.1, 0.15) is 11.5 Å². The van der Waals surface area contributed by atoms with Crippen LogP contribution in [0.3, 0.4) is 0 Å². The second kappa shape index (κ2) is 9.96. The molecule has 0 saturated carbocycles. The zero-order valence-corrected chi connectivity index (χ0v) is 18.3. The number of hydrogen-bond acceptors (Lipinski definition) is 4. The molecule has 0 fully saturated rings. The van der Waals surface area contributed by atoms with Crippen LogP contribution in [0.25, 0.3) is 11.1 Å². The Morgan fingerprint density at radius 3 is 2.93 bits per heavy atom. The first-order chi connectivity index (χ1) is 14.4. The molecule has 1 aliphatic rings. The standard InChI is InChI=1S/C23H29ClN4O2/c1-4-15(3)27-22-10-19(14(2)11-26-22)17-9-20(25-12-17)23(30)28-21(13-29)16-6-5-7-18(24)8-16/h5,7-12,15-16,21,25,29H,4,6,13H2,1-3H3,(H,26,27)(H,28,30)/t15?,16?,21-/m1/s1. The van der Waals surface area contributed by atoms with Gasteiger partial charge in [-0.2, -0.15) is 0 Å². The fourth-order valence-corrected chi connectivity index (χ4v) is 3.68. The van der Waals surface area contributed by atoms with Crippen molar-refractivity contribution >= 4 is 23.3 Å². The number of pyridine rings is 1. The normalized spacial score (nSPS) is 17.9. The van der Waals surface area contributed by atoms with Gasteiger partial charge in [-0.25, -0.2) is 4.98 Å². The summed E-state index contributed by atoms with van der Waals surface area (Å²) < 4.78 is 0. The van der Waals surface area contributed by atoms with Gasteiger partial charge >= 0.3 is 0 Å². The number of hydrogen-bond donors (Lipinski definition) is 4. The third-order valence-corrected chi connectivity index (χ3v) is 5.69. The summed E-state index contributed by atoms with van der Waals surface area (Å²) in [6.45, 7) is 6.07. The molecule has 2 aromatic heterocycles. The maximum absolute atomic E-state index is 12.8. The van der Waals surface area contributed by atoms with Gasteiger partial charge in [-0.15, -0.1) is 0 Å². The average molecular weight is 429 g/mol. The van der Waals surface area contributed by atoms with E-state index >= 15 is 0 Å². The molecule has 2 aromatic rings. The smallest absolute Gasteiger partial charge is 0.268 e. The number of anilines is 1. The molecule has 0 aromatic carbocycles. The van der Waals surface area contributed by atoms with Gasteiger partial charge in [0.25, 0.3) is 5.91 Å². The Bertz CT molecular complexity index is 950. The van der Waals surface area contributed by atoms with E-state index in [1.807, 2.05) is 49.7 Å². The van der Waals surface area contributed by atoms with Crippen LogP contribution in [-0.2, 0) is 0 Å². The Balaban J connectivity index is 1.75. The Labute approximate surface area is 182 Å². The molecule has 0 saturated heterocycles. The molecule has 0 spiro atoms. The highest BCUT2D eigenvalue weighted by atomic mass is 35.5. The number of allylic oxidation sites excluding steroid dienone is 3. The lowest BCUT2D eigenvalue weighted by Crippen LogP contribution is -2.42. The Kier molecular flexibility index (Phi) is 7.34. The summed E-state index contributed by atoms with van der Waals surface area (Å²) in [4.78, 5) is 20.3. The van der Waals surface area contributed by atoms with Crippen molar-refractivity contribution in [1.29, 1.82) is 0 Å². The SMILES string of the molecule is CCC(C)Nc1cc(-c2c[nH]c(C(=O)N[C@H](CO)C3C=C(Cl)C=CC3)c2)c(C)cn1. The molecule has 30 heavy (non-hydrogen) atoms. The lowest BCUT2D eigenvalue weighted by molar-refractivity contribution is 0.0895. The summed E-state index contributed by atoms with van der Waals surface area (Å²) >= 11 is 6.07. The monoisotopic (exact) mass is 428 g/mol. The van der Waals surface area contributed by atoms with Crippen LogP contribution in [0.2, 0.25) is 0 Å². The highest BCUT2D eigenvalue weighted by Gasteiger charge is 2.23. The van der Waals surface area contributed by atoms with Crippen LogP contribution in [0.5, 0.6) is 0 Å². The number of aliphatic hydroxyl groups is 1. The van der Waals surface area contributed by atoms with Gasteiger partial charge in [-0.3, -0.25) is 4.79 Å². The molecule has 0 bridgehead atoms. The van der Waals surface area contributed by atoms with E-state index < -0.39 is 6.04 Å². The van der Waals surface area contributed by atoms with Crippen LogP contribution < -0.4 is 10.6 Å². The number of nitrogens with one attached hydrogen (secondary N) is 3. The topological polar surface area (TPSA) is 90.0 Å². The summed E-state index contributed by atoms with van der Waals surface area (Å²) in [5.74, 6) is 0.512. The lowest BCUT2D eigenvalue weighted by atomic mass is 9.93. The quantitative estimate of drug-likeness (QED) is 0.502. The van der Waals surface area contributed by atoms with Crippen LogP contribution in [-0.4, -0.2) is 39.7 Å². The molecule has 4 N–H and O–H groups in total. The summed E-state index contributed by atoms with van der Waals surface area (Å²) in [5, 5.41) is 16.7. The van der Waals surface area contributed by atoms with Gasteiger partial charge in [0.15, 0.2) is 0 Å². The number of aryl methyl sites for hydroxylation is 1. The fraction of sp³-hybridized carbons (Fsp3) is 0.391.